The van der Waals surface area contributed by atoms with Crippen molar-refractivity contribution in [2.45, 2.75) is 39.3 Å². The maximum absolute atomic E-state index is 12.0. The molecule has 1 aromatic heterocycles. The highest BCUT2D eigenvalue weighted by Crippen LogP contribution is 2.10. The number of hydrogen-bond donors (Lipinski definition) is 1. The minimum absolute atomic E-state index is 0.0124. The number of aromatic nitrogens is 1. The number of halogens is 2. The zero-order valence-electron chi connectivity index (χ0n) is 10.3. The van der Waals surface area contributed by atoms with Crippen LogP contribution in [0.15, 0.2) is 18.2 Å². The molecular weight excluding hydrogens is 226 g/mol. The lowest BCUT2D eigenvalue weighted by Gasteiger charge is -2.20. The lowest BCUT2D eigenvalue weighted by molar-refractivity contribution is 0.0794. The lowest BCUT2D eigenvalue weighted by atomic mass is 10.1. The summed E-state index contributed by atoms with van der Waals surface area (Å²) in [5, 5.41) is 3.26. The van der Waals surface area contributed by atoms with Crippen molar-refractivity contribution in [2.24, 2.45) is 0 Å². The Morgan fingerprint density at radius 1 is 1.35 bits per heavy atom. The predicted molar refractivity (Wildman–Crippen MR) is 62.3 cm³/mol. The van der Waals surface area contributed by atoms with Gasteiger partial charge in [0.05, 0.1) is 5.69 Å². The van der Waals surface area contributed by atoms with Gasteiger partial charge in [0.25, 0.3) is 6.43 Å². The molecule has 0 saturated heterocycles. The van der Waals surface area contributed by atoms with Gasteiger partial charge in [0, 0.05) is 18.2 Å². The Bertz CT molecular complexity index is 351. The molecule has 0 unspecified atom stereocenters. The topological polar surface area (TPSA) is 34.1 Å². The molecule has 17 heavy (non-hydrogen) atoms. The lowest BCUT2D eigenvalue weighted by Crippen LogP contribution is -2.35. The molecule has 0 spiro atoms. The number of pyridine rings is 1. The first-order chi connectivity index (χ1) is 7.87. The quantitative estimate of drug-likeness (QED) is 0.864. The molecule has 0 atom stereocenters. The third-order valence-electron chi connectivity index (χ3n) is 1.94. The van der Waals surface area contributed by atoms with E-state index in [1.165, 1.54) is 0 Å². The fraction of sp³-hybridized carbons (Fsp3) is 0.583. The van der Waals surface area contributed by atoms with Crippen LogP contribution in [-0.4, -0.2) is 23.6 Å². The number of rotatable bonds is 5. The Kier molecular flexibility index (Phi) is 4.81. The minimum Gasteiger partial charge on any atom is -0.472 e. The van der Waals surface area contributed by atoms with Gasteiger partial charge in [-0.05, 0) is 26.8 Å². The first-order valence-electron chi connectivity index (χ1n) is 5.49. The number of alkyl halides is 2. The van der Waals surface area contributed by atoms with E-state index in [0.29, 0.717) is 6.54 Å². The molecule has 0 aromatic carbocycles. The van der Waals surface area contributed by atoms with E-state index in [2.05, 4.69) is 10.3 Å². The zero-order valence-corrected chi connectivity index (χ0v) is 10.3. The molecule has 5 heteroatoms. The van der Waals surface area contributed by atoms with Gasteiger partial charge in [0.1, 0.15) is 0 Å². The first kappa shape index (κ1) is 13.8. The van der Waals surface area contributed by atoms with Gasteiger partial charge < -0.3 is 10.1 Å². The van der Waals surface area contributed by atoms with Crippen LogP contribution in [0.5, 0.6) is 5.88 Å². The molecule has 1 rings (SSSR count). The highest BCUT2D eigenvalue weighted by molar-refractivity contribution is 5.15. The van der Waals surface area contributed by atoms with Crippen LogP contribution in [0.25, 0.3) is 0 Å². The predicted octanol–water partition coefficient (Wildman–Crippen LogP) is 2.61. The second kappa shape index (κ2) is 5.91. The largest absolute Gasteiger partial charge is 0.472 e. The molecule has 0 radical (unpaired) electrons. The van der Waals surface area contributed by atoms with Gasteiger partial charge in [0.15, 0.2) is 6.61 Å². The summed E-state index contributed by atoms with van der Waals surface area (Å²) in [5.74, 6) is 0.235. The van der Waals surface area contributed by atoms with Gasteiger partial charge in [-0.3, -0.25) is 0 Å². The van der Waals surface area contributed by atoms with Gasteiger partial charge in [-0.25, -0.2) is 13.8 Å². The molecule has 96 valence electrons. The van der Waals surface area contributed by atoms with Crippen LogP contribution in [0.4, 0.5) is 8.78 Å². The zero-order chi connectivity index (χ0) is 12.9. The molecule has 1 aromatic rings. The van der Waals surface area contributed by atoms with E-state index in [4.69, 9.17) is 4.74 Å². The van der Waals surface area contributed by atoms with E-state index < -0.39 is 13.0 Å². The molecule has 0 aliphatic carbocycles. The van der Waals surface area contributed by atoms with Crippen molar-refractivity contribution in [3.63, 3.8) is 0 Å². The van der Waals surface area contributed by atoms with E-state index in [0.717, 1.165) is 5.69 Å². The van der Waals surface area contributed by atoms with E-state index in [9.17, 15) is 8.78 Å². The Hall–Kier alpha value is -1.23. The van der Waals surface area contributed by atoms with Crippen molar-refractivity contribution in [1.29, 1.82) is 0 Å². The molecule has 1 N–H and O–H groups in total. The molecule has 3 nitrogen and oxygen atoms in total. The summed E-state index contributed by atoms with van der Waals surface area (Å²) >= 11 is 0. The summed E-state index contributed by atoms with van der Waals surface area (Å²) in [7, 11) is 0. The fourth-order valence-corrected chi connectivity index (χ4v) is 1.14. The molecule has 0 aliphatic heterocycles. The van der Waals surface area contributed by atoms with Crippen molar-refractivity contribution in [3.05, 3.63) is 23.9 Å². The second-order valence-electron chi connectivity index (χ2n) is 4.77. The summed E-state index contributed by atoms with van der Waals surface area (Å²) in [5.41, 5.74) is 0.758. The van der Waals surface area contributed by atoms with Crippen LogP contribution in [0.1, 0.15) is 26.5 Å². The molecule has 0 fully saturated rings. The van der Waals surface area contributed by atoms with Crippen LogP contribution in [-0.2, 0) is 6.54 Å². The monoisotopic (exact) mass is 244 g/mol. The summed E-state index contributed by atoms with van der Waals surface area (Å²) in [6.07, 6.45) is -2.48. The van der Waals surface area contributed by atoms with Crippen LogP contribution in [0.2, 0.25) is 0 Å². The third kappa shape index (κ3) is 6.16. The van der Waals surface area contributed by atoms with E-state index >= 15 is 0 Å². The SMILES string of the molecule is CC(C)(C)NCc1cccc(OCC(F)F)n1. The van der Waals surface area contributed by atoms with Crippen molar-refractivity contribution >= 4 is 0 Å². The van der Waals surface area contributed by atoms with Crippen molar-refractivity contribution < 1.29 is 13.5 Å². The van der Waals surface area contributed by atoms with Gasteiger partial charge >= 0.3 is 0 Å². The average Bonchev–Trinajstić information content (AvgIpc) is 2.23. The molecule has 0 bridgehead atoms. The highest BCUT2D eigenvalue weighted by Gasteiger charge is 2.09. The first-order valence-corrected chi connectivity index (χ1v) is 5.49. The van der Waals surface area contributed by atoms with Crippen molar-refractivity contribution in [1.82, 2.24) is 10.3 Å². The van der Waals surface area contributed by atoms with E-state index in [1.54, 1.807) is 12.1 Å². The third-order valence-corrected chi connectivity index (χ3v) is 1.94. The highest BCUT2D eigenvalue weighted by atomic mass is 19.3. The Morgan fingerprint density at radius 2 is 2.06 bits per heavy atom. The summed E-state index contributed by atoms with van der Waals surface area (Å²) in [6.45, 7) is 6.09. The smallest absolute Gasteiger partial charge is 0.272 e. The molecule has 0 aliphatic rings. The maximum Gasteiger partial charge on any atom is 0.272 e. The molecule has 0 amide bonds. The van der Waals surface area contributed by atoms with Crippen LogP contribution >= 0.6 is 0 Å². The van der Waals surface area contributed by atoms with E-state index in [-0.39, 0.29) is 11.4 Å². The molecule has 1 heterocycles. The van der Waals surface area contributed by atoms with Crippen LogP contribution < -0.4 is 10.1 Å². The number of hydrogen-bond acceptors (Lipinski definition) is 3. The normalized spacial score (nSPS) is 11.9. The van der Waals surface area contributed by atoms with Gasteiger partial charge in [-0.2, -0.15) is 0 Å². The Morgan fingerprint density at radius 3 is 2.65 bits per heavy atom. The van der Waals surface area contributed by atoms with E-state index in [1.807, 2.05) is 26.8 Å². The van der Waals surface area contributed by atoms with Gasteiger partial charge in [-0.1, -0.05) is 6.07 Å². The molecule has 0 saturated carbocycles. The van der Waals surface area contributed by atoms with Crippen LogP contribution in [0, 0.1) is 0 Å². The Labute approximate surface area is 100 Å². The number of ether oxygens (including phenoxy) is 1. The standard InChI is InChI=1S/C12H18F2N2O/c1-12(2,3)15-7-9-5-4-6-11(16-9)17-8-10(13)14/h4-6,10,15H,7-8H2,1-3H3. The summed E-state index contributed by atoms with van der Waals surface area (Å²) in [4.78, 5) is 4.13. The van der Waals surface area contributed by atoms with Gasteiger partial charge in [0.2, 0.25) is 5.88 Å². The second-order valence-corrected chi connectivity index (χ2v) is 4.77. The summed E-state index contributed by atoms with van der Waals surface area (Å²) in [6, 6.07) is 5.14. The number of nitrogens with zero attached hydrogens (tertiary/aromatic N) is 1. The van der Waals surface area contributed by atoms with Gasteiger partial charge in [-0.15, -0.1) is 0 Å². The summed E-state index contributed by atoms with van der Waals surface area (Å²) < 4.78 is 28.8. The average molecular weight is 244 g/mol. The minimum atomic E-state index is -2.48. The maximum atomic E-state index is 12.0. The van der Waals surface area contributed by atoms with Crippen molar-refractivity contribution in [3.8, 4) is 5.88 Å². The van der Waals surface area contributed by atoms with Crippen LogP contribution in [0.3, 0.4) is 0 Å². The molecular formula is C12H18F2N2O. The Balaban J connectivity index is 2.54. The number of nitrogens with one attached hydrogen (secondary N) is 1. The fourth-order valence-electron chi connectivity index (χ4n) is 1.14. The van der Waals surface area contributed by atoms with Crippen molar-refractivity contribution in [2.75, 3.05) is 6.61 Å².